The van der Waals surface area contributed by atoms with Gasteiger partial charge in [-0.25, -0.2) is 0 Å². The van der Waals surface area contributed by atoms with Gasteiger partial charge in [-0.1, -0.05) is 31.5 Å². The third-order valence-corrected chi connectivity index (χ3v) is 3.18. The molecule has 0 aromatic heterocycles. The largest absolute Gasteiger partial charge is 0.491 e. The molecular formula is C16H27NO3. The van der Waals surface area contributed by atoms with Crippen LogP contribution < -0.4 is 10.1 Å². The Bertz CT molecular complexity index is 407. The van der Waals surface area contributed by atoms with Crippen molar-refractivity contribution in [1.29, 1.82) is 0 Å². The molecule has 0 unspecified atom stereocenters. The molecule has 2 atom stereocenters. The highest BCUT2D eigenvalue weighted by atomic mass is 16.5. The van der Waals surface area contributed by atoms with E-state index in [0.29, 0.717) is 12.5 Å². The van der Waals surface area contributed by atoms with Gasteiger partial charge in [-0.2, -0.15) is 0 Å². The van der Waals surface area contributed by atoms with Crippen LogP contribution in [-0.4, -0.2) is 41.6 Å². The van der Waals surface area contributed by atoms with E-state index in [9.17, 15) is 5.11 Å². The van der Waals surface area contributed by atoms with Crippen LogP contribution in [0.15, 0.2) is 18.2 Å². The predicted octanol–water partition coefficient (Wildman–Crippen LogP) is 1.66. The number of hydrogen-bond acceptors (Lipinski definition) is 4. The lowest BCUT2D eigenvalue weighted by atomic mass is 10.1. The maximum Gasteiger partial charge on any atom is 0.122 e. The molecule has 0 radical (unpaired) electrons. The van der Waals surface area contributed by atoms with E-state index in [1.165, 1.54) is 0 Å². The van der Waals surface area contributed by atoms with Gasteiger partial charge in [-0.3, -0.25) is 0 Å². The fraction of sp³-hybridized carbons (Fsp3) is 0.625. The molecule has 0 fully saturated rings. The summed E-state index contributed by atoms with van der Waals surface area (Å²) in [6.07, 6.45) is -0.00641. The number of benzene rings is 1. The molecule has 1 rings (SSSR count). The summed E-state index contributed by atoms with van der Waals surface area (Å²) in [4.78, 5) is 0. The summed E-state index contributed by atoms with van der Waals surface area (Å²) in [5.41, 5.74) is 2.11. The van der Waals surface area contributed by atoms with Crippen molar-refractivity contribution < 1.29 is 14.9 Å². The predicted molar refractivity (Wildman–Crippen MR) is 81.2 cm³/mol. The Kier molecular flexibility index (Phi) is 6.99. The van der Waals surface area contributed by atoms with E-state index < -0.39 is 6.10 Å². The van der Waals surface area contributed by atoms with Crippen LogP contribution in [-0.2, 0) is 6.42 Å². The van der Waals surface area contributed by atoms with Crippen LogP contribution in [0.3, 0.4) is 0 Å². The van der Waals surface area contributed by atoms with E-state index in [4.69, 9.17) is 9.84 Å². The van der Waals surface area contributed by atoms with Gasteiger partial charge >= 0.3 is 0 Å². The van der Waals surface area contributed by atoms with Gasteiger partial charge < -0.3 is 20.3 Å². The van der Waals surface area contributed by atoms with E-state index in [2.05, 4.69) is 5.32 Å². The van der Waals surface area contributed by atoms with Crippen molar-refractivity contribution in [2.45, 2.75) is 52.3 Å². The van der Waals surface area contributed by atoms with Crippen molar-refractivity contribution in [1.82, 2.24) is 5.32 Å². The molecule has 1 aromatic rings. The number of ether oxygens (including phenoxy) is 1. The highest BCUT2D eigenvalue weighted by Gasteiger charge is 2.16. The summed E-state index contributed by atoms with van der Waals surface area (Å²) < 4.78 is 5.71. The lowest BCUT2D eigenvalue weighted by Gasteiger charge is -2.23. The lowest BCUT2D eigenvalue weighted by molar-refractivity contribution is 0.0754. The fourth-order valence-electron chi connectivity index (χ4n) is 2.12. The van der Waals surface area contributed by atoms with Gasteiger partial charge in [-0.05, 0) is 31.9 Å². The average molecular weight is 281 g/mol. The minimum absolute atomic E-state index is 0.0262. The first-order valence-electron chi connectivity index (χ1n) is 7.21. The number of aryl methyl sites for hydroxylation is 1. The normalized spacial score (nSPS) is 14.3. The summed E-state index contributed by atoms with van der Waals surface area (Å²) in [5.74, 6) is 0.737. The van der Waals surface area contributed by atoms with Gasteiger partial charge in [0.15, 0.2) is 0 Å². The first kappa shape index (κ1) is 17.0. The monoisotopic (exact) mass is 281 g/mol. The molecule has 1 aromatic carbocycles. The Balaban J connectivity index is 2.60. The molecular weight excluding hydrogens is 254 g/mol. The molecule has 0 aliphatic rings. The minimum Gasteiger partial charge on any atom is -0.491 e. The molecule has 0 saturated carbocycles. The first-order valence-corrected chi connectivity index (χ1v) is 7.21. The molecule has 0 heterocycles. The van der Waals surface area contributed by atoms with E-state index in [1.54, 1.807) is 0 Å². The third kappa shape index (κ3) is 5.49. The molecule has 4 nitrogen and oxygen atoms in total. The SMILES string of the molecule is Cc1ccc(OC[C@@H](O)[C@@H](C)NC(C)C)c(CCO)c1. The zero-order valence-electron chi connectivity index (χ0n) is 12.9. The van der Waals surface area contributed by atoms with Gasteiger partial charge in [0.2, 0.25) is 0 Å². The van der Waals surface area contributed by atoms with Crippen molar-refractivity contribution in [2.75, 3.05) is 13.2 Å². The van der Waals surface area contributed by atoms with E-state index in [-0.39, 0.29) is 19.3 Å². The van der Waals surface area contributed by atoms with Gasteiger partial charge in [0.1, 0.15) is 18.5 Å². The molecule has 4 heteroatoms. The zero-order chi connectivity index (χ0) is 15.1. The molecule has 0 aliphatic carbocycles. The Morgan fingerprint density at radius 3 is 2.55 bits per heavy atom. The van der Waals surface area contributed by atoms with Crippen molar-refractivity contribution in [3.8, 4) is 5.75 Å². The molecule has 20 heavy (non-hydrogen) atoms. The molecule has 0 saturated heterocycles. The van der Waals surface area contributed by atoms with Crippen LogP contribution in [0.25, 0.3) is 0 Å². The highest BCUT2D eigenvalue weighted by Crippen LogP contribution is 2.21. The maximum absolute atomic E-state index is 10.1. The van der Waals surface area contributed by atoms with Crippen LogP contribution in [0, 0.1) is 6.92 Å². The second-order valence-electron chi connectivity index (χ2n) is 5.57. The Hall–Kier alpha value is -1.10. The van der Waals surface area contributed by atoms with Crippen LogP contribution in [0.4, 0.5) is 0 Å². The third-order valence-electron chi connectivity index (χ3n) is 3.18. The number of aliphatic hydroxyl groups excluding tert-OH is 2. The van der Waals surface area contributed by atoms with Crippen molar-refractivity contribution >= 4 is 0 Å². The van der Waals surface area contributed by atoms with Gasteiger partial charge in [-0.15, -0.1) is 0 Å². The number of aliphatic hydroxyl groups is 2. The summed E-state index contributed by atoms with van der Waals surface area (Å²) in [6.45, 7) is 8.37. The Labute approximate surface area is 121 Å². The van der Waals surface area contributed by atoms with Crippen LogP contribution >= 0.6 is 0 Å². The van der Waals surface area contributed by atoms with Gasteiger partial charge in [0, 0.05) is 18.7 Å². The van der Waals surface area contributed by atoms with Gasteiger partial charge in [0.25, 0.3) is 0 Å². The number of hydrogen-bond donors (Lipinski definition) is 3. The standard InChI is InChI=1S/C16H27NO3/c1-11(2)17-13(4)15(19)10-20-16-6-5-12(3)9-14(16)7-8-18/h5-6,9,11,13,15,17-19H,7-8,10H2,1-4H3/t13-,15-/m1/s1. The molecule has 0 bridgehead atoms. The second kappa shape index (κ2) is 8.25. The summed E-state index contributed by atoms with van der Waals surface area (Å²) >= 11 is 0. The van der Waals surface area contributed by atoms with Crippen molar-refractivity contribution in [3.63, 3.8) is 0 Å². The number of nitrogens with one attached hydrogen (secondary N) is 1. The summed E-state index contributed by atoms with van der Waals surface area (Å²) in [6, 6.07) is 6.17. The Morgan fingerprint density at radius 1 is 1.25 bits per heavy atom. The maximum atomic E-state index is 10.1. The smallest absolute Gasteiger partial charge is 0.122 e. The number of rotatable bonds is 8. The van der Waals surface area contributed by atoms with Crippen LogP contribution in [0.5, 0.6) is 5.75 Å². The molecule has 3 N–H and O–H groups in total. The summed E-state index contributed by atoms with van der Waals surface area (Å²) in [7, 11) is 0. The minimum atomic E-state index is -0.569. The molecule has 0 aliphatic heterocycles. The second-order valence-corrected chi connectivity index (χ2v) is 5.57. The van der Waals surface area contributed by atoms with Crippen LogP contribution in [0.2, 0.25) is 0 Å². The topological polar surface area (TPSA) is 61.7 Å². The lowest BCUT2D eigenvalue weighted by Crippen LogP contribution is -2.43. The fourth-order valence-corrected chi connectivity index (χ4v) is 2.12. The molecule has 0 amide bonds. The van der Waals surface area contributed by atoms with Crippen molar-refractivity contribution in [2.24, 2.45) is 0 Å². The van der Waals surface area contributed by atoms with E-state index in [0.717, 1.165) is 16.9 Å². The van der Waals surface area contributed by atoms with Crippen LogP contribution in [0.1, 0.15) is 31.9 Å². The molecule has 114 valence electrons. The molecule has 0 spiro atoms. The average Bonchev–Trinajstić information content (AvgIpc) is 2.37. The zero-order valence-corrected chi connectivity index (χ0v) is 12.9. The van der Waals surface area contributed by atoms with Crippen molar-refractivity contribution in [3.05, 3.63) is 29.3 Å². The first-order chi connectivity index (χ1) is 9.43. The quantitative estimate of drug-likeness (QED) is 0.678. The van der Waals surface area contributed by atoms with Gasteiger partial charge in [0.05, 0.1) is 0 Å². The Morgan fingerprint density at radius 2 is 1.95 bits per heavy atom. The van der Waals surface area contributed by atoms with E-state index in [1.807, 2.05) is 45.9 Å². The summed E-state index contributed by atoms with van der Waals surface area (Å²) in [5, 5.41) is 22.4. The van der Waals surface area contributed by atoms with E-state index >= 15 is 0 Å². The highest BCUT2D eigenvalue weighted by molar-refractivity contribution is 5.37.